The van der Waals surface area contributed by atoms with Crippen molar-refractivity contribution in [1.29, 1.82) is 0 Å². The number of hydrogen-bond donors (Lipinski definition) is 0. The first-order chi connectivity index (χ1) is 10.1. The van der Waals surface area contributed by atoms with Gasteiger partial charge in [-0.25, -0.2) is 8.78 Å². The normalized spacial score (nSPS) is 11.0. The molecule has 0 unspecified atom stereocenters. The largest absolute Gasteiger partial charge is 0.338 e. The van der Waals surface area contributed by atoms with Crippen LogP contribution in [0.5, 0.6) is 0 Å². The van der Waals surface area contributed by atoms with E-state index in [4.69, 9.17) is 11.6 Å². The Balaban J connectivity index is 1.97. The summed E-state index contributed by atoms with van der Waals surface area (Å²) in [7, 11) is 0. The van der Waals surface area contributed by atoms with Crippen molar-refractivity contribution in [2.75, 3.05) is 0 Å². The van der Waals surface area contributed by atoms with Gasteiger partial charge >= 0.3 is 0 Å². The number of rotatable bonds is 3. The Hall–Kier alpha value is -2.20. The first-order valence-electron chi connectivity index (χ1n) is 6.28. The van der Waals surface area contributed by atoms with Crippen LogP contribution in [0.2, 0.25) is 5.02 Å². The molecule has 21 heavy (non-hydrogen) atoms. The molecule has 2 nitrogen and oxygen atoms in total. The van der Waals surface area contributed by atoms with Crippen LogP contribution in [0.25, 0.3) is 10.9 Å². The van der Waals surface area contributed by atoms with Crippen LogP contribution in [0.15, 0.2) is 48.7 Å². The third-order valence-electron chi connectivity index (χ3n) is 3.28. The van der Waals surface area contributed by atoms with Gasteiger partial charge in [-0.1, -0.05) is 23.7 Å². The predicted octanol–water partition coefficient (Wildman–Crippen LogP) is 4.46. The molecule has 0 N–H and O–H groups in total. The Bertz CT molecular complexity index is 841. The quantitative estimate of drug-likeness (QED) is 0.655. The summed E-state index contributed by atoms with van der Waals surface area (Å²) in [5.74, 6) is -2.01. The number of ketones is 1. The van der Waals surface area contributed by atoms with Gasteiger partial charge in [0, 0.05) is 17.6 Å². The van der Waals surface area contributed by atoms with E-state index in [9.17, 15) is 13.6 Å². The maximum Gasteiger partial charge on any atom is 0.185 e. The summed E-state index contributed by atoms with van der Waals surface area (Å²) in [4.78, 5) is 12.2. The lowest BCUT2D eigenvalue weighted by Crippen LogP contribution is -2.11. The summed E-state index contributed by atoms with van der Waals surface area (Å²) in [6.45, 7) is -0.0597. The maximum absolute atomic E-state index is 13.6. The van der Waals surface area contributed by atoms with E-state index in [-0.39, 0.29) is 12.1 Å². The average molecular weight is 306 g/mol. The van der Waals surface area contributed by atoms with Crippen LogP contribution in [0.3, 0.4) is 0 Å². The molecule has 0 fully saturated rings. The molecule has 0 aliphatic rings. The summed E-state index contributed by atoms with van der Waals surface area (Å²) in [6.07, 6.45) is 1.72. The predicted molar refractivity (Wildman–Crippen MR) is 77.6 cm³/mol. The first-order valence-corrected chi connectivity index (χ1v) is 6.65. The van der Waals surface area contributed by atoms with Gasteiger partial charge in [0.1, 0.15) is 11.6 Å². The number of para-hydroxylation sites is 1. The lowest BCUT2D eigenvalue weighted by Gasteiger charge is -2.07. The summed E-state index contributed by atoms with van der Waals surface area (Å²) in [5, 5.41) is 1.42. The van der Waals surface area contributed by atoms with Gasteiger partial charge < -0.3 is 4.57 Å². The molecule has 1 aromatic heterocycles. The van der Waals surface area contributed by atoms with Crippen molar-refractivity contribution in [2.45, 2.75) is 6.54 Å². The molecule has 1 heterocycles. The van der Waals surface area contributed by atoms with Crippen LogP contribution < -0.4 is 0 Å². The molecule has 2 aromatic carbocycles. The molecular formula is C16H10ClF2NO. The molecule has 0 atom stereocenters. The average Bonchev–Trinajstić information content (AvgIpc) is 2.83. The van der Waals surface area contributed by atoms with Crippen molar-refractivity contribution in [2.24, 2.45) is 0 Å². The zero-order valence-electron chi connectivity index (χ0n) is 10.8. The second-order valence-electron chi connectivity index (χ2n) is 4.67. The van der Waals surface area contributed by atoms with E-state index in [0.29, 0.717) is 11.1 Å². The minimum Gasteiger partial charge on any atom is -0.338 e. The minimum atomic E-state index is -0.859. The highest BCUT2D eigenvalue weighted by molar-refractivity contribution is 6.35. The van der Waals surface area contributed by atoms with Gasteiger partial charge in [0.2, 0.25) is 0 Å². The van der Waals surface area contributed by atoms with E-state index in [0.717, 1.165) is 23.0 Å². The highest BCUT2D eigenvalue weighted by Crippen LogP contribution is 2.24. The van der Waals surface area contributed by atoms with Crippen molar-refractivity contribution in [3.63, 3.8) is 0 Å². The number of aromatic nitrogens is 1. The molecule has 106 valence electrons. The van der Waals surface area contributed by atoms with Crippen LogP contribution in [-0.2, 0) is 6.54 Å². The van der Waals surface area contributed by atoms with Crippen LogP contribution in [0, 0.1) is 11.6 Å². The lowest BCUT2D eigenvalue weighted by atomic mass is 10.1. The number of Topliss-reactive ketones (excluding diaryl/α,β-unsaturated/α-hetero) is 1. The summed E-state index contributed by atoms with van der Waals surface area (Å²) >= 11 is 6.13. The van der Waals surface area contributed by atoms with Crippen molar-refractivity contribution < 1.29 is 13.6 Å². The van der Waals surface area contributed by atoms with Crippen LogP contribution in [0.4, 0.5) is 8.78 Å². The standard InChI is InChI=1S/C16H10ClF2NO/c17-13-3-1-2-10-6-7-20(16(10)13)9-15(21)12-5-4-11(18)8-14(12)19/h1-8H,9H2. The van der Waals surface area contributed by atoms with E-state index in [1.54, 1.807) is 16.8 Å². The fraction of sp³-hybridized carbons (Fsp3) is 0.0625. The van der Waals surface area contributed by atoms with Gasteiger partial charge in [-0.2, -0.15) is 0 Å². The molecule has 3 aromatic rings. The second kappa shape index (κ2) is 5.30. The van der Waals surface area contributed by atoms with Crippen LogP contribution in [-0.4, -0.2) is 10.4 Å². The second-order valence-corrected chi connectivity index (χ2v) is 5.08. The van der Waals surface area contributed by atoms with Gasteiger partial charge in [0.25, 0.3) is 0 Å². The number of carbonyl (C=O) groups excluding carboxylic acids is 1. The lowest BCUT2D eigenvalue weighted by molar-refractivity contribution is 0.0969. The molecule has 0 radical (unpaired) electrons. The molecule has 0 saturated carbocycles. The summed E-state index contributed by atoms with van der Waals surface area (Å²) in [6, 6.07) is 10.2. The number of nitrogens with zero attached hydrogens (tertiary/aromatic N) is 1. The van der Waals surface area contributed by atoms with E-state index in [1.807, 2.05) is 18.2 Å². The van der Waals surface area contributed by atoms with Crippen molar-refractivity contribution in [3.05, 3.63) is 70.9 Å². The number of halogens is 3. The minimum absolute atomic E-state index is 0.0597. The Morgan fingerprint density at radius 3 is 2.71 bits per heavy atom. The Labute approximate surface area is 124 Å². The number of benzene rings is 2. The Morgan fingerprint density at radius 1 is 1.14 bits per heavy atom. The van der Waals surface area contributed by atoms with Crippen LogP contribution in [0.1, 0.15) is 10.4 Å². The van der Waals surface area contributed by atoms with Gasteiger partial charge in [-0.05, 0) is 24.3 Å². The van der Waals surface area contributed by atoms with Crippen molar-refractivity contribution >= 4 is 28.3 Å². The first kappa shape index (κ1) is 13.8. The van der Waals surface area contributed by atoms with E-state index >= 15 is 0 Å². The third-order valence-corrected chi connectivity index (χ3v) is 3.59. The maximum atomic E-state index is 13.6. The van der Waals surface area contributed by atoms with Gasteiger partial charge in [-0.3, -0.25) is 4.79 Å². The summed E-state index contributed by atoms with van der Waals surface area (Å²) in [5.41, 5.74) is 0.584. The topological polar surface area (TPSA) is 22.0 Å². The fourth-order valence-corrected chi connectivity index (χ4v) is 2.59. The zero-order chi connectivity index (χ0) is 15.0. The Morgan fingerprint density at radius 2 is 1.95 bits per heavy atom. The molecule has 3 rings (SSSR count). The van der Waals surface area contributed by atoms with Crippen LogP contribution >= 0.6 is 11.6 Å². The number of carbonyl (C=O) groups is 1. The van der Waals surface area contributed by atoms with Gasteiger partial charge in [-0.15, -0.1) is 0 Å². The third kappa shape index (κ3) is 2.54. The van der Waals surface area contributed by atoms with E-state index < -0.39 is 17.4 Å². The fourth-order valence-electron chi connectivity index (χ4n) is 2.30. The zero-order valence-corrected chi connectivity index (χ0v) is 11.6. The molecule has 0 aliphatic carbocycles. The summed E-state index contributed by atoms with van der Waals surface area (Å²) < 4.78 is 28.2. The number of fused-ring (bicyclic) bond motifs is 1. The molecule has 0 amide bonds. The van der Waals surface area contributed by atoms with E-state index in [2.05, 4.69) is 0 Å². The van der Waals surface area contributed by atoms with Crippen molar-refractivity contribution in [1.82, 2.24) is 4.57 Å². The molecule has 5 heteroatoms. The molecule has 0 spiro atoms. The smallest absolute Gasteiger partial charge is 0.185 e. The van der Waals surface area contributed by atoms with Crippen molar-refractivity contribution in [3.8, 4) is 0 Å². The van der Waals surface area contributed by atoms with Gasteiger partial charge in [0.15, 0.2) is 5.78 Å². The molecule has 0 bridgehead atoms. The molecule has 0 aliphatic heterocycles. The highest BCUT2D eigenvalue weighted by Gasteiger charge is 2.14. The molecular weight excluding hydrogens is 296 g/mol. The van der Waals surface area contributed by atoms with Gasteiger partial charge in [0.05, 0.1) is 22.6 Å². The highest BCUT2D eigenvalue weighted by atomic mass is 35.5. The molecule has 0 saturated heterocycles. The SMILES string of the molecule is O=C(Cn1ccc2cccc(Cl)c21)c1ccc(F)cc1F. The monoisotopic (exact) mass is 305 g/mol. The number of hydrogen-bond acceptors (Lipinski definition) is 1. The Kier molecular flexibility index (Phi) is 3.47. The van der Waals surface area contributed by atoms with E-state index in [1.165, 1.54) is 0 Å².